The van der Waals surface area contributed by atoms with Gasteiger partial charge in [-0.1, -0.05) is 36.2 Å². The Morgan fingerprint density at radius 2 is 1.19 bits per heavy atom. The summed E-state index contributed by atoms with van der Waals surface area (Å²) in [6.07, 6.45) is 2.03. The van der Waals surface area contributed by atoms with Gasteiger partial charge in [-0.2, -0.15) is 0 Å². The molecule has 0 heterocycles. The summed E-state index contributed by atoms with van der Waals surface area (Å²) in [6.45, 7) is 1.78. The van der Waals surface area contributed by atoms with Crippen LogP contribution in [0.15, 0.2) is 30.3 Å². The molecule has 0 bridgehead atoms. The molecule has 0 aliphatic heterocycles. The second-order valence-corrected chi connectivity index (χ2v) is 6.21. The third-order valence-electron chi connectivity index (χ3n) is 3.60. The molecule has 0 spiro atoms. The SMILES string of the molecule is CCC=C(c1cc(Cl)cc(C(=O)O)c1O)c1cc(Cl)cc(C(=O)O)c1O. The van der Waals surface area contributed by atoms with Crippen molar-refractivity contribution < 1.29 is 30.0 Å². The maximum atomic E-state index is 11.3. The molecule has 2 aromatic rings. The third-order valence-corrected chi connectivity index (χ3v) is 4.04. The fourth-order valence-corrected chi connectivity index (χ4v) is 2.94. The van der Waals surface area contributed by atoms with E-state index in [9.17, 15) is 30.0 Å². The van der Waals surface area contributed by atoms with E-state index in [1.165, 1.54) is 12.1 Å². The van der Waals surface area contributed by atoms with Crippen LogP contribution in [0.4, 0.5) is 0 Å². The average molecular weight is 397 g/mol. The van der Waals surface area contributed by atoms with Crippen molar-refractivity contribution in [3.05, 3.63) is 62.6 Å². The van der Waals surface area contributed by atoms with E-state index in [4.69, 9.17) is 23.2 Å². The molecule has 0 radical (unpaired) electrons. The molecule has 0 fully saturated rings. The fraction of sp³-hybridized carbons (Fsp3) is 0.111. The van der Waals surface area contributed by atoms with Gasteiger partial charge in [-0.15, -0.1) is 0 Å². The van der Waals surface area contributed by atoms with E-state index >= 15 is 0 Å². The molecule has 26 heavy (non-hydrogen) atoms. The van der Waals surface area contributed by atoms with Gasteiger partial charge in [-0.25, -0.2) is 9.59 Å². The van der Waals surface area contributed by atoms with E-state index in [1.807, 2.05) is 0 Å². The standard InChI is InChI=1S/C18H14Cl2O6/c1-2-3-10(11-4-8(19)6-13(15(11)21)17(23)24)12-5-9(20)7-14(16(12)22)18(25)26/h3-7,21-22H,2H2,1H3,(H,23,24)(H,25,26). The van der Waals surface area contributed by atoms with Crippen molar-refractivity contribution in [3.8, 4) is 11.5 Å². The molecular formula is C18H14Cl2O6. The molecule has 0 aliphatic rings. The van der Waals surface area contributed by atoms with Crippen molar-refractivity contribution >= 4 is 40.7 Å². The lowest BCUT2D eigenvalue weighted by atomic mass is 9.92. The highest BCUT2D eigenvalue weighted by atomic mass is 35.5. The molecule has 8 heteroatoms. The zero-order valence-corrected chi connectivity index (χ0v) is 15.0. The summed E-state index contributed by atoms with van der Waals surface area (Å²) in [6, 6.07) is 4.83. The van der Waals surface area contributed by atoms with Crippen molar-refractivity contribution in [2.45, 2.75) is 13.3 Å². The number of hydrogen-bond acceptors (Lipinski definition) is 4. The Hall–Kier alpha value is -2.70. The summed E-state index contributed by atoms with van der Waals surface area (Å²) in [5.41, 5.74) is -0.572. The highest BCUT2D eigenvalue weighted by Gasteiger charge is 2.23. The van der Waals surface area contributed by atoms with Crippen LogP contribution in [0.5, 0.6) is 11.5 Å². The minimum atomic E-state index is -1.39. The Labute approximate surface area is 158 Å². The predicted octanol–water partition coefficient (Wildman–Crippen LogP) is 4.64. The van der Waals surface area contributed by atoms with Crippen molar-refractivity contribution in [1.29, 1.82) is 0 Å². The number of aromatic carboxylic acids is 2. The van der Waals surface area contributed by atoms with Gasteiger partial charge < -0.3 is 20.4 Å². The van der Waals surface area contributed by atoms with Gasteiger partial charge in [0.1, 0.15) is 22.6 Å². The van der Waals surface area contributed by atoms with Crippen LogP contribution in [0.3, 0.4) is 0 Å². The first-order valence-electron chi connectivity index (χ1n) is 7.39. The molecule has 2 aromatic carbocycles. The van der Waals surface area contributed by atoms with Gasteiger partial charge in [0.25, 0.3) is 0 Å². The van der Waals surface area contributed by atoms with E-state index in [0.29, 0.717) is 6.42 Å². The third kappa shape index (κ3) is 3.76. The number of hydrogen-bond donors (Lipinski definition) is 4. The highest BCUT2D eigenvalue weighted by molar-refractivity contribution is 6.32. The average Bonchev–Trinajstić information content (AvgIpc) is 2.56. The lowest BCUT2D eigenvalue weighted by Crippen LogP contribution is -2.02. The Bertz CT molecular complexity index is 862. The van der Waals surface area contributed by atoms with E-state index in [0.717, 1.165) is 12.1 Å². The molecule has 6 nitrogen and oxygen atoms in total. The number of carboxylic acids is 2. The second kappa shape index (κ2) is 7.68. The molecule has 4 N–H and O–H groups in total. The number of benzene rings is 2. The van der Waals surface area contributed by atoms with Crippen LogP contribution < -0.4 is 0 Å². The Kier molecular flexibility index (Phi) is 5.79. The van der Waals surface area contributed by atoms with E-state index < -0.39 is 34.6 Å². The van der Waals surface area contributed by atoms with Crippen molar-refractivity contribution in [3.63, 3.8) is 0 Å². The maximum absolute atomic E-state index is 11.3. The van der Waals surface area contributed by atoms with Crippen LogP contribution in [0.25, 0.3) is 5.57 Å². The molecule has 0 saturated carbocycles. The zero-order valence-electron chi connectivity index (χ0n) is 13.5. The highest BCUT2D eigenvalue weighted by Crippen LogP contribution is 2.41. The van der Waals surface area contributed by atoms with Gasteiger partial charge >= 0.3 is 11.9 Å². The summed E-state index contributed by atoms with van der Waals surface area (Å²) in [5.74, 6) is -3.89. The monoisotopic (exact) mass is 396 g/mol. The molecule has 2 rings (SSSR count). The van der Waals surface area contributed by atoms with Crippen LogP contribution in [0.1, 0.15) is 45.2 Å². The second-order valence-electron chi connectivity index (χ2n) is 5.34. The molecule has 136 valence electrons. The fourth-order valence-electron chi connectivity index (χ4n) is 2.50. The first-order valence-corrected chi connectivity index (χ1v) is 8.15. The predicted molar refractivity (Wildman–Crippen MR) is 97.5 cm³/mol. The molecular weight excluding hydrogens is 383 g/mol. The lowest BCUT2D eigenvalue weighted by molar-refractivity contribution is 0.0682. The maximum Gasteiger partial charge on any atom is 0.339 e. The summed E-state index contributed by atoms with van der Waals surface area (Å²) in [5, 5.41) is 39.3. The first kappa shape index (κ1) is 19.6. The number of aromatic hydroxyl groups is 2. The number of phenols is 2. The Balaban J connectivity index is 2.84. The summed E-state index contributed by atoms with van der Waals surface area (Å²) in [7, 11) is 0. The quantitative estimate of drug-likeness (QED) is 0.584. The molecule has 0 saturated heterocycles. The molecule has 0 atom stereocenters. The van der Waals surface area contributed by atoms with E-state index in [2.05, 4.69) is 0 Å². The molecule has 0 amide bonds. The van der Waals surface area contributed by atoms with Crippen molar-refractivity contribution in [2.75, 3.05) is 0 Å². The lowest BCUT2D eigenvalue weighted by Gasteiger charge is -2.15. The zero-order chi connectivity index (χ0) is 19.6. The number of halogens is 2. The van der Waals surface area contributed by atoms with Crippen LogP contribution in [-0.4, -0.2) is 32.4 Å². The van der Waals surface area contributed by atoms with Crippen LogP contribution in [-0.2, 0) is 0 Å². The van der Waals surface area contributed by atoms with Crippen molar-refractivity contribution in [2.24, 2.45) is 0 Å². The first-order chi connectivity index (χ1) is 12.2. The summed E-state index contributed by atoms with van der Waals surface area (Å²) in [4.78, 5) is 22.6. The number of carboxylic acid groups (broad SMARTS) is 2. The van der Waals surface area contributed by atoms with Crippen molar-refractivity contribution in [1.82, 2.24) is 0 Å². The molecule has 0 aliphatic carbocycles. The smallest absolute Gasteiger partial charge is 0.339 e. The van der Waals surface area contributed by atoms with Crippen LogP contribution in [0, 0.1) is 0 Å². The Morgan fingerprint density at radius 3 is 1.50 bits per heavy atom. The molecule has 0 unspecified atom stereocenters. The van der Waals surface area contributed by atoms with E-state index in [1.54, 1.807) is 13.0 Å². The van der Waals surface area contributed by atoms with E-state index in [-0.39, 0.29) is 26.7 Å². The number of carbonyl (C=O) groups is 2. The van der Waals surface area contributed by atoms with Gasteiger partial charge in [0.2, 0.25) is 0 Å². The summed E-state index contributed by atoms with van der Waals surface area (Å²) >= 11 is 11.9. The molecule has 0 aromatic heterocycles. The minimum absolute atomic E-state index is 0.0330. The van der Waals surface area contributed by atoms with Crippen LogP contribution in [0.2, 0.25) is 10.0 Å². The minimum Gasteiger partial charge on any atom is -0.506 e. The van der Waals surface area contributed by atoms with Gasteiger partial charge in [-0.3, -0.25) is 0 Å². The number of allylic oxidation sites excluding steroid dienone is 1. The van der Waals surface area contributed by atoms with Gasteiger partial charge in [0, 0.05) is 21.2 Å². The van der Waals surface area contributed by atoms with Gasteiger partial charge in [-0.05, 0) is 36.3 Å². The van der Waals surface area contributed by atoms with Gasteiger partial charge in [0.15, 0.2) is 0 Å². The summed E-state index contributed by atoms with van der Waals surface area (Å²) < 4.78 is 0. The number of rotatable bonds is 5. The Morgan fingerprint density at radius 1 is 0.846 bits per heavy atom. The largest absolute Gasteiger partial charge is 0.506 e. The van der Waals surface area contributed by atoms with Gasteiger partial charge in [0.05, 0.1) is 0 Å². The topological polar surface area (TPSA) is 115 Å². The van der Waals surface area contributed by atoms with Crippen LogP contribution >= 0.6 is 23.2 Å². The normalized spacial score (nSPS) is 10.4.